The number of benzene rings is 3. The Kier molecular flexibility index (Phi) is 6.72. The number of methoxy groups -OCH3 is 1. The van der Waals surface area contributed by atoms with E-state index in [1.54, 1.807) is 7.11 Å². The third-order valence-corrected chi connectivity index (χ3v) is 5.51. The van der Waals surface area contributed by atoms with Gasteiger partial charge in [-0.3, -0.25) is 4.79 Å². The van der Waals surface area contributed by atoms with Crippen LogP contribution in [0, 0.1) is 0 Å². The number of amides is 1. The molecule has 1 aliphatic rings. The molecule has 160 valence electrons. The number of rotatable bonds is 8. The molecule has 31 heavy (non-hydrogen) atoms. The summed E-state index contributed by atoms with van der Waals surface area (Å²) in [5, 5.41) is 0. The van der Waals surface area contributed by atoms with Crippen LogP contribution in [0.2, 0.25) is 0 Å². The van der Waals surface area contributed by atoms with E-state index >= 15 is 0 Å². The molecule has 0 radical (unpaired) electrons. The first-order valence-electron chi connectivity index (χ1n) is 10.6. The summed E-state index contributed by atoms with van der Waals surface area (Å²) in [7, 11) is 1.65. The molecule has 3 aromatic rings. The van der Waals surface area contributed by atoms with Crippen molar-refractivity contribution in [3.63, 3.8) is 0 Å². The maximum atomic E-state index is 12.8. The Morgan fingerprint density at radius 2 is 1.52 bits per heavy atom. The average molecular weight is 418 g/mol. The lowest BCUT2D eigenvalue weighted by Gasteiger charge is -2.25. The Labute approximate surface area is 183 Å². The zero-order valence-corrected chi connectivity index (χ0v) is 17.7. The number of likely N-dealkylation sites (tertiary alicyclic amines) is 1. The molecular formula is C26H27NO4. The summed E-state index contributed by atoms with van der Waals surface area (Å²) in [6.07, 6.45) is 1.96. The molecule has 0 aromatic heterocycles. The van der Waals surface area contributed by atoms with Crippen LogP contribution in [0.1, 0.15) is 30.0 Å². The van der Waals surface area contributed by atoms with Gasteiger partial charge >= 0.3 is 0 Å². The molecule has 0 N–H and O–H groups in total. The summed E-state index contributed by atoms with van der Waals surface area (Å²) in [6.45, 7) is 1.29. The van der Waals surface area contributed by atoms with Gasteiger partial charge in [0.15, 0.2) is 6.61 Å². The van der Waals surface area contributed by atoms with Crippen molar-refractivity contribution in [2.24, 2.45) is 0 Å². The Balaban J connectivity index is 1.29. The first kappa shape index (κ1) is 20.8. The van der Waals surface area contributed by atoms with Gasteiger partial charge in [0.1, 0.15) is 23.9 Å². The van der Waals surface area contributed by atoms with Crippen molar-refractivity contribution in [1.29, 1.82) is 0 Å². The number of nitrogens with zero attached hydrogens (tertiary/aromatic N) is 1. The van der Waals surface area contributed by atoms with Crippen molar-refractivity contribution in [3.05, 3.63) is 90.0 Å². The normalized spacial score (nSPS) is 15.5. The fourth-order valence-electron chi connectivity index (χ4n) is 3.84. The van der Waals surface area contributed by atoms with Gasteiger partial charge in [-0.25, -0.2) is 0 Å². The van der Waals surface area contributed by atoms with Gasteiger partial charge < -0.3 is 19.1 Å². The lowest BCUT2D eigenvalue weighted by atomic mass is 10.0. The summed E-state index contributed by atoms with van der Waals surface area (Å²) in [6, 6.07) is 25.4. The number of carbonyl (C=O) groups is 1. The molecule has 5 heteroatoms. The van der Waals surface area contributed by atoms with E-state index in [9.17, 15) is 4.79 Å². The van der Waals surface area contributed by atoms with Crippen molar-refractivity contribution in [1.82, 2.24) is 4.90 Å². The summed E-state index contributed by atoms with van der Waals surface area (Å²) in [4.78, 5) is 14.7. The molecule has 3 aromatic carbocycles. The van der Waals surface area contributed by atoms with Crippen LogP contribution in [0.25, 0.3) is 0 Å². The number of hydrogen-bond donors (Lipinski definition) is 0. The maximum Gasteiger partial charge on any atom is 0.261 e. The summed E-state index contributed by atoms with van der Waals surface area (Å²) < 4.78 is 16.8. The van der Waals surface area contributed by atoms with Crippen LogP contribution in [0.5, 0.6) is 17.2 Å². The Bertz CT molecular complexity index is 971. The summed E-state index contributed by atoms with van der Waals surface area (Å²) in [5.41, 5.74) is 2.25. The van der Waals surface area contributed by atoms with Crippen LogP contribution in [-0.4, -0.2) is 31.1 Å². The van der Waals surface area contributed by atoms with Gasteiger partial charge in [-0.2, -0.15) is 0 Å². The Morgan fingerprint density at radius 3 is 2.19 bits per heavy atom. The van der Waals surface area contributed by atoms with Crippen LogP contribution in [0.3, 0.4) is 0 Å². The molecular weight excluding hydrogens is 390 g/mol. The second-order valence-electron chi connectivity index (χ2n) is 7.55. The van der Waals surface area contributed by atoms with Gasteiger partial charge in [-0.15, -0.1) is 0 Å². The predicted octanol–water partition coefficient (Wildman–Crippen LogP) is 5.02. The summed E-state index contributed by atoms with van der Waals surface area (Å²) in [5.74, 6) is 2.24. The minimum atomic E-state index is 0.00252. The topological polar surface area (TPSA) is 48.0 Å². The van der Waals surface area contributed by atoms with E-state index < -0.39 is 0 Å². The van der Waals surface area contributed by atoms with Crippen LogP contribution in [-0.2, 0) is 11.4 Å². The fraction of sp³-hybridized carbons (Fsp3) is 0.269. The number of hydrogen-bond acceptors (Lipinski definition) is 4. The molecule has 1 saturated heterocycles. The fourth-order valence-corrected chi connectivity index (χ4v) is 3.84. The monoisotopic (exact) mass is 417 g/mol. The molecule has 0 bridgehead atoms. The number of carbonyl (C=O) groups excluding carboxylic acids is 1. The molecule has 1 aliphatic heterocycles. The highest BCUT2D eigenvalue weighted by molar-refractivity contribution is 5.78. The highest BCUT2D eigenvalue weighted by Crippen LogP contribution is 2.33. The maximum absolute atomic E-state index is 12.8. The van der Waals surface area contributed by atoms with Crippen LogP contribution in [0.4, 0.5) is 0 Å². The van der Waals surface area contributed by atoms with Gasteiger partial charge in [-0.05, 0) is 60.4 Å². The van der Waals surface area contributed by atoms with Crippen LogP contribution < -0.4 is 14.2 Å². The quantitative estimate of drug-likeness (QED) is 0.517. The highest BCUT2D eigenvalue weighted by atomic mass is 16.5. The Morgan fingerprint density at radius 1 is 0.871 bits per heavy atom. The minimum Gasteiger partial charge on any atom is -0.497 e. The molecule has 4 rings (SSSR count). The molecule has 1 heterocycles. The van der Waals surface area contributed by atoms with Gasteiger partial charge in [-0.1, -0.05) is 42.5 Å². The standard InChI is InChI=1S/C26H27NO4/c1-29-22-11-9-21(10-12-22)25-8-5-17-27(25)26(28)19-31-24-15-13-23(14-16-24)30-18-20-6-3-2-4-7-20/h2-4,6-7,9-16,25H,5,8,17-19H2,1H3. The van der Waals surface area contributed by atoms with Crippen molar-refractivity contribution in [2.75, 3.05) is 20.3 Å². The van der Waals surface area contributed by atoms with Crippen LogP contribution >= 0.6 is 0 Å². The SMILES string of the molecule is COc1ccc(C2CCCN2C(=O)COc2ccc(OCc3ccccc3)cc2)cc1. The molecule has 0 aliphatic carbocycles. The van der Waals surface area contributed by atoms with Gasteiger partial charge in [0.25, 0.3) is 5.91 Å². The van der Waals surface area contributed by atoms with E-state index in [-0.39, 0.29) is 18.6 Å². The zero-order valence-electron chi connectivity index (χ0n) is 17.7. The zero-order chi connectivity index (χ0) is 21.5. The third kappa shape index (κ3) is 5.37. The molecule has 1 fully saturated rings. The average Bonchev–Trinajstić information content (AvgIpc) is 3.33. The van der Waals surface area contributed by atoms with E-state index in [4.69, 9.17) is 14.2 Å². The van der Waals surface area contributed by atoms with Crippen molar-refractivity contribution >= 4 is 5.91 Å². The lowest BCUT2D eigenvalue weighted by molar-refractivity contribution is -0.134. The predicted molar refractivity (Wildman–Crippen MR) is 119 cm³/mol. The molecule has 5 nitrogen and oxygen atoms in total. The summed E-state index contributed by atoms with van der Waals surface area (Å²) >= 11 is 0. The molecule has 0 spiro atoms. The van der Waals surface area contributed by atoms with Gasteiger partial charge in [0.05, 0.1) is 13.2 Å². The highest BCUT2D eigenvalue weighted by Gasteiger charge is 2.30. The first-order chi connectivity index (χ1) is 15.2. The van der Waals surface area contributed by atoms with Gasteiger partial charge in [0.2, 0.25) is 0 Å². The van der Waals surface area contributed by atoms with Crippen molar-refractivity contribution < 1.29 is 19.0 Å². The Hall–Kier alpha value is -3.47. The molecule has 0 saturated carbocycles. The smallest absolute Gasteiger partial charge is 0.261 e. The molecule has 1 amide bonds. The third-order valence-electron chi connectivity index (χ3n) is 5.51. The first-order valence-corrected chi connectivity index (χ1v) is 10.6. The second kappa shape index (κ2) is 10.0. The van der Waals surface area contributed by atoms with Crippen molar-refractivity contribution in [3.8, 4) is 17.2 Å². The van der Waals surface area contributed by atoms with Crippen molar-refractivity contribution in [2.45, 2.75) is 25.5 Å². The van der Waals surface area contributed by atoms with E-state index in [1.165, 1.54) is 0 Å². The lowest BCUT2D eigenvalue weighted by Crippen LogP contribution is -2.34. The number of ether oxygens (including phenoxy) is 3. The van der Waals surface area contributed by atoms with E-state index in [2.05, 4.69) is 0 Å². The van der Waals surface area contributed by atoms with Gasteiger partial charge in [0, 0.05) is 6.54 Å². The minimum absolute atomic E-state index is 0.00252. The van der Waals surface area contributed by atoms with Crippen LogP contribution in [0.15, 0.2) is 78.9 Å². The molecule has 1 unspecified atom stereocenters. The second-order valence-corrected chi connectivity index (χ2v) is 7.55. The largest absolute Gasteiger partial charge is 0.497 e. The van der Waals surface area contributed by atoms with E-state index in [0.29, 0.717) is 12.4 Å². The van der Waals surface area contributed by atoms with E-state index in [0.717, 1.165) is 42.0 Å². The molecule has 1 atom stereocenters. The van der Waals surface area contributed by atoms with E-state index in [1.807, 2.05) is 83.8 Å².